The third-order valence-electron chi connectivity index (χ3n) is 4.85. The molecule has 1 fully saturated rings. The smallest absolute Gasteiger partial charge is 0.306 e. The molecule has 2 aromatic rings. The Hall–Kier alpha value is -2.40. The summed E-state index contributed by atoms with van der Waals surface area (Å²) in [7, 11) is 1.61. The molecule has 0 aliphatic carbocycles. The lowest BCUT2D eigenvalue weighted by Gasteiger charge is -2.37. The number of methoxy groups -OCH3 is 1. The molecule has 1 heterocycles. The minimum absolute atomic E-state index is 0.254. The van der Waals surface area contributed by atoms with Crippen molar-refractivity contribution in [3.05, 3.63) is 65.5 Å². The molecule has 2 aromatic carbocycles. The number of carboxylic acids is 1. The molecule has 1 aliphatic heterocycles. The van der Waals surface area contributed by atoms with Crippen molar-refractivity contribution in [2.24, 2.45) is 5.92 Å². The third kappa shape index (κ3) is 3.82. The van der Waals surface area contributed by atoms with Gasteiger partial charge in [-0.25, -0.2) is 4.39 Å². The van der Waals surface area contributed by atoms with Crippen LogP contribution in [0.5, 0.6) is 5.75 Å². The summed E-state index contributed by atoms with van der Waals surface area (Å²) in [5.74, 6) is -0.596. The number of aliphatic carboxylic acids is 1. The van der Waals surface area contributed by atoms with Crippen molar-refractivity contribution in [2.45, 2.75) is 18.9 Å². The number of carbonyl (C=O) groups is 1. The highest BCUT2D eigenvalue weighted by molar-refractivity contribution is 5.70. The van der Waals surface area contributed by atoms with Crippen LogP contribution in [-0.4, -0.2) is 36.2 Å². The number of hydrogen-bond acceptors (Lipinski definition) is 3. The zero-order valence-corrected chi connectivity index (χ0v) is 14.2. The van der Waals surface area contributed by atoms with Crippen LogP contribution in [0, 0.1) is 11.7 Å². The van der Waals surface area contributed by atoms with Gasteiger partial charge in [0.2, 0.25) is 0 Å². The first-order valence-electron chi connectivity index (χ1n) is 8.45. The molecule has 0 aromatic heterocycles. The van der Waals surface area contributed by atoms with Gasteiger partial charge in [0.1, 0.15) is 11.6 Å². The van der Waals surface area contributed by atoms with Crippen molar-refractivity contribution < 1.29 is 19.0 Å². The van der Waals surface area contributed by atoms with Crippen molar-refractivity contribution in [1.29, 1.82) is 0 Å². The van der Waals surface area contributed by atoms with Gasteiger partial charge in [0.15, 0.2) is 0 Å². The van der Waals surface area contributed by atoms with Crippen molar-refractivity contribution >= 4 is 5.97 Å². The quantitative estimate of drug-likeness (QED) is 0.899. The lowest BCUT2D eigenvalue weighted by molar-refractivity contribution is -0.143. The fraction of sp³-hybridized carbons (Fsp3) is 0.350. The summed E-state index contributed by atoms with van der Waals surface area (Å²) in [5.41, 5.74) is 1.54. The summed E-state index contributed by atoms with van der Waals surface area (Å²) >= 11 is 0. The highest BCUT2D eigenvalue weighted by atomic mass is 19.1. The van der Waals surface area contributed by atoms with Crippen molar-refractivity contribution in [1.82, 2.24) is 4.90 Å². The standard InChI is InChI=1S/C20H22FNO3/c1-25-16-6-4-5-15(13-16)19(17-7-2-3-8-18(17)21)22-11-9-14(10-12-22)20(23)24/h2-8,13-14,19H,9-12H2,1H3,(H,23,24). The molecule has 0 bridgehead atoms. The first-order chi connectivity index (χ1) is 12.1. The van der Waals surface area contributed by atoms with E-state index < -0.39 is 5.97 Å². The van der Waals surface area contributed by atoms with Gasteiger partial charge < -0.3 is 9.84 Å². The first-order valence-corrected chi connectivity index (χ1v) is 8.45. The van der Waals surface area contributed by atoms with Crippen LogP contribution in [0.3, 0.4) is 0 Å². The first kappa shape index (κ1) is 17.4. The third-order valence-corrected chi connectivity index (χ3v) is 4.85. The van der Waals surface area contributed by atoms with Crippen LogP contribution in [0.1, 0.15) is 30.0 Å². The van der Waals surface area contributed by atoms with E-state index in [0.29, 0.717) is 31.5 Å². The fourth-order valence-corrected chi connectivity index (χ4v) is 3.50. The molecule has 1 atom stereocenters. The molecule has 4 nitrogen and oxygen atoms in total. The summed E-state index contributed by atoms with van der Waals surface area (Å²) in [6.45, 7) is 1.24. The summed E-state index contributed by atoms with van der Waals surface area (Å²) in [4.78, 5) is 13.4. The highest BCUT2D eigenvalue weighted by Gasteiger charge is 2.31. The van der Waals surface area contributed by atoms with E-state index in [-0.39, 0.29) is 17.8 Å². The lowest BCUT2D eigenvalue weighted by Crippen LogP contribution is -2.39. The van der Waals surface area contributed by atoms with E-state index in [2.05, 4.69) is 4.90 Å². The number of piperidine rings is 1. The maximum Gasteiger partial charge on any atom is 0.306 e. The maximum atomic E-state index is 14.5. The zero-order chi connectivity index (χ0) is 17.8. The van der Waals surface area contributed by atoms with Crippen LogP contribution in [0.15, 0.2) is 48.5 Å². The molecule has 0 saturated carbocycles. The van der Waals surface area contributed by atoms with E-state index in [9.17, 15) is 14.3 Å². The SMILES string of the molecule is COc1cccc(C(c2ccccc2F)N2CCC(C(=O)O)CC2)c1. The molecular weight excluding hydrogens is 321 g/mol. The minimum atomic E-state index is -0.747. The Labute approximate surface area is 146 Å². The molecule has 0 spiro atoms. The maximum absolute atomic E-state index is 14.5. The van der Waals surface area contributed by atoms with Crippen LogP contribution in [0.2, 0.25) is 0 Å². The summed E-state index contributed by atoms with van der Waals surface area (Å²) < 4.78 is 19.8. The van der Waals surface area contributed by atoms with E-state index in [4.69, 9.17) is 4.74 Å². The van der Waals surface area contributed by atoms with Crippen LogP contribution in [0.25, 0.3) is 0 Å². The van der Waals surface area contributed by atoms with Crippen molar-refractivity contribution in [3.63, 3.8) is 0 Å². The van der Waals surface area contributed by atoms with E-state index in [1.165, 1.54) is 6.07 Å². The monoisotopic (exact) mass is 343 g/mol. The van der Waals surface area contributed by atoms with E-state index in [1.54, 1.807) is 19.2 Å². The van der Waals surface area contributed by atoms with Gasteiger partial charge in [0, 0.05) is 5.56 Å². The van der Waals surface area contributed by atoms with Gasteiger partial charge in [0.05, 0.1) is 19.1 Å². The number of likely N-dealkylation sites (tertiary alicyclic amines) is 1. The largest absolute Gasteiger partial charge is 0.497 e. The molecular formula is C20H22FNO3. The summed E-state index contributed by atoms with van der Waals surface area (Å²) in [6, 6.07) is 14.1. The van der Waals surface area contributed by atoms with E-state index >= 15 is 0 Å². The summed E-state index contributed by atoms with van der Waals surface area (Å²) in [5, 5.41) is 9.21. The topological polar surface area (TPSA) is 49.8 Å². The van der Waals surface area contributed by atoms with Gasteiger partial charge in [-0.2, -0.15) is 0 Å². The van der Waals surface area contributed by atoms with Crippen molar-refractivity contribution in [3.8, 4) is 5.75 Å². The Balaban J connectivity index is 1.95. The number of carboxylic acid groups (broad SMARTS) is 1. The number of halogens is 1. The molecule has 25 heavy (non-hydrogen) atoms. The highest BCUT2D eigenvalue weighted by Crippen LogP contribution is 2.35. The van der Waals surface area contributed by atoms with Gasteiger partial charge in [-0.1, -0.05) is 30.3 Å². The number of rotatable bonds is 5. The Morgan fingerprint density at radius 1 is 1.20 bits per heavy atom. The average molecular weight is 343 g/mol. The Kier molecular flexibility index (Phi) is 5.34. The Bertz CT molecular complexity index is 741. The van der Waals surface area contributed by atoms with Gasteiger partial charge in [-0.3, -0.25) is 9.69 Å². The van der Waals surface area contributed by atoms with Crippen LogP contribution < -0.4 is 4.74 Å². The number of ether oxygens (including phenoxy) is 1. The second kappa shape index (κ2) is 7.66. The average Bonchev–Trinajstić information content (AvgIpc) is 2.64. The second-order valence-corrected chi connectivity index (χ2v) is 6.35. The van der Waals surface area contributed by atoms with Gasteiger partial charge in [0.25, 0.3) is 0 Å². The number of nitrogens with zero attached hydrogens (tertiary/aromatic N) is 1. The predicted molar refractivity (Wildman–Crippen MR) is 93.2 cm³/mol. The molecule has 1 unspecified atom stereocenters. The van der Waals surface area contributed by atoms with Gasteiger partial charge in [-0.05, 0) is 49.7 Å². The van der Waals surface area contributed by atoms with Gasteiger partial charge >= 0.3 is 5.97 Å². The zero-order valence-electron chi connectivity index (χ0n) is 14.2. The fourth-order valence-electron chi connectivity index (χ4n) is 3.50. The molecule has 1 N–H and O–H groups in total. The van der Waals surface area contributed by atoms with E-state index in [0.717, 1.165) is 11.3 Å². The normalized spacial score (nSPS) is 17.2. The van der Waals surface area contributed by atoms with Gasteiger partial charge in [-0.15, -0.1) is 0 Å². The lowest BCUT2D eigenvalue weighted by atomic mass is 9.91. The molecule has 0 radical (unpaired) electrons. The minimum Gasteiger partial charge on any atom is -0.497 e. The molecule has 132 valence electrons. The molecule has 0 amide bonds. The molecule has 1 aliphatic rings. The van der Waals surface area contributed by atoms with Crippen molar-refractivity contribution in [2.75, 3.05) is 20.2 Å². The predicted octanol–water partition coefficient (Wildman–Crippen LogP) is 3.72. The Morgan fingerprint density at radius 3 is 2.56 bits per heavy atom. The Morgan fingerprint density at radius 2 is 1.92 bits per heavy atom. The van der Waals surface area contributed by atoms with Crippen LogP contribution in [-0.2, 0) is 4.79 Å². The molecule has 1 saturated heterocycles. The van der Waals surface area contributed by atoms with Crippen LogP contribution in [0.4, 0.5) is 4.39 Å². The number of benzene rings is 2. The molecule has 3 rings (SSSR count). The second-order valence-electron chi connectivity index (χ2n) is 6.35. The van der Waals surface area contributed by atoms with Crippen LogP contribution >= 0.6 is 0 Å². The number of hydrogen-bond donors (Lipinski definition) is 1. The van der Waals surface area contributed by atoms with E-state index in [1.807, 2.05) is 30.3 Å². The molecule has 5 heteroatoms. The summed E-state index contributed by atoms with van der Waals surface area (Å²) in [6.07, 6.45) is 1.15.